The molecule has 0 saturated heterocycles. The van der Waals surface area contributed by atoms with Crippen LogP contribution in [0.1, 0.15) is 29.8 Å². The number of rotatable bonds is 5. The highest BCUT2D eigenvalue weighted by atomic mass is 16.2. The number of hydrogen-bond acceptors (Lipinski definition) is 4. The molecule has 3 rings (SSSR count). The molecule has 28 heavy (non-hydrogen) atoms. The zero-order valence-electron chi connectivity index (χ0n) is 16.0. The highest BCUT2D eigenvalue weighted by Gasteiger charge is 2.25. The molecule has 1 aliphatic heterocycles. The Labute approximate surface area is 164 Å². The van der Waals surface area contributed by atoms with E-state index in [0.29, 0.717) is 17.8 Å². The molecule has 3 N–H and O–H groups in total. The number of imide groups is 1. The van der Waals surface area contributed by atoms with E-state index >= 15 is 0 Å². The van der Waals surface area contributed by atoms with Crippen molar-refractivity contribution in [1.29, 1.82) is 0 Å². The SMILES string of the molecule is CC(C)NC(=O)NC(=O)CNc1cccc(C(=O)N2CCc3ccccc32)c1. The zero-order valence-corrected chi connectivity index (χ0v) is 16.0. The number of fused-ring (bicyclic) bond motifs is 1. The number of carbonyl (C=O) groups is 3. The normalized spacial score (nSPS) is 12.5. The fraction of sp³-hybridized carbons (Fsp3) is 0.286. The topological polar surface area (TPSA) is 90.5 Å². The first-order valence-corrected chi connectivity index (χ1v) is 9.28. The molecule has 0 fully saturated rings. The van der Waals surface area contributed by atoms with Gasteiger partial charge >= 0.3 is 6.03 Å². The first-order valence-electron chi connectivity index (χ1n) is 9.28. The van der Waals surface area contributed by atoms with Gasteiger partial charge in [-0.15, -0.1) is 0 Å². The second-order valence-corrected chi connectivity index (χ2v) is 6.95. The van der Waals surface area contributed by atoms with Crippen molar-refractivity contribution < 1.29 is 14.4 Å². The van der Waals surface area contributed by atoms with Crippen LogP contribution in [-0.4, -0.2) is 37.0 Å². The Hall–Kier alpha value is -3.35. The fourth-order valence-electron chi connectivity index (χ4n) is 3.12. The van der Waals surface area contributed by atoms with Crippen LogP contribution in [0.2, 0.25) is 0 Å². The average Bonchev–Trinajstić information content (AvgIpc) is 3.09. The van der Waals surface area contributed by atoms with E-state index < -0.39 is 11.9 Å². The van der Waals surface area contributed by atoms with Gasteiger partial charge in [0, 0.05) is 29.5 Å². The third kappa shape index (κ3) is 4.68. The molecule has 1 heterocycles. The molecule has 1 aliphatic rings. The summed E-state index contributed by atoms with van der Waals surface area (Å²) >= 11 is 0. The molecular weight excluding hydrogens is 356 g/mol. The lowest BCUT2D eigenvalue weighted by Gasteiger charge is -2.18. The lowest BCUT2D eigenvalue weighted by molar-refractivity contribution is -0.118. The van der Waals surface area contributed by atoms with Crippen LogP contribution in [0.5, 0.6) is 0 Å². The third-order valence-electron chi connectivity index (χ3n) is 4.37. The summed E-state index contributed by atoms with van der Waals surface area (Å²) in [6.45, 7) is 4.20. The molecule has 7 heteroatoms. The van der Waals surface area contributed by atoms with Crippen molar-refractivity contribution in [3.8, 4) is 0 Å². The van der Waals surface area contributed by atoms with Crippen LogP contribution in [0.4, 0.5) is 16.2 Å². The lowest BCUT2D eigenvalue weighted by Crippen LogP contribution is -2.44. The molecular formula is C21H24N4O3. The summed E-state index contributed by atoms with van der Waals surface area (Å²) in [6.07, 6.45) is 0.846. The van der Waals surface area contributed by atoms with Crippen molar-refractivity contribution in [2.75, 3.05) is 23.3 Å². The number of amides is 4. The highest BCUT2D eigenvalue weighted by Crippen LogP contribution is 2.29. The van der Waals surface area contributed by atoms with Crippen LogP contribution in [0.15, 0.2) is 48.5 Å². The minimum Gasteiger partial charge on any atom is -0.376 e. The summed E-state index contributed by atoms with van der Waals surface area (Å²) in [5, 5.41) is 7.78. The molecule has 4 amide bonds. The molecule has 146 valence electrons. The zero-order chi connectivity index (χ0) is 20.1. The molecule has 0 bridgehead atoms. The van der Waals surface area contributed by atoms with E-state index in [-0.39, 0.29) is 18.5 Å². The number of carbonyl (C=O) groups excluding carboxylic acids is 3. The fourth-order valence-corrected chi connectivity index (χ4v) is 3.12. The van der Waals surface area contributed by atoms with E-state index in [2.05, 4.69) is 16.0 Å². The van der Waals surface area contributed by atoms with E-state index in [1.807, 2.05) is 38.1 Å². The van der Waals surface area contributed by atoms with Crippen LogP contribution >= 0.6 is 0 Å². The molecule has 2 aromatic carbocycles. The average molecular weight is 380 g/mol. The maximum atomic E-state index is 12.9. The molecule has 2 aromatic rings. The van der Waals surface area contributed by atoms with Gasteiger partial charge in [0.15, 0.2) is 0 Å². The quantitative estimate of drug-likeness (QED) is 0.743. The maximum Gasteiger partial charge on any atom is 0.321 e. The van der Waals surface area contributed by atoms with E-state index in [0.717, 1.165) is 12.1 Å². The monoisotopic (exact) mass is 380 g/mol. The van der Waals surface area contributed by atoms with E-state index in [9.17, 15) is 14.4 Å². The maximum absolute atomic E-state index is 12.9. The van der Waals surface area contributed by atoms with Gasteiger partial charge in [-0.1, -0.05) is 24.3 Å². The molecule has 7 nitrogen and oxygen atoms in total. The first kappa shape index (κ1) is 19.4. The van der Waals surface area contributed by atoms with Crippen LogP contribution < -0.4 is 20.9 Å². The number of para-hydroxylation sites is 1. The Morgan fingerprint density at radius 2 is 1.86 bits per heavy atom. The Balaban J connectivity index is 1.61. The van der Waals surface area contributed by atoms with Crippen LogP contribution in [-0.2, 0) is 11.2 Å². The van der Waals surface area contributed by atoms with Crippen molar-refractivity contribution in [2.45, 2.75) is 26.3 Å². The Morgan fingerprint density at radius 3 is 2.64 bits per heavy atom. The number of urea groups is 1. The van der Waals surface area contributed by atoms with Gasteiger partial charge in [0.05, 0.1) is 6.54 Å². The van der Waals surface area contributed by atoms with Gasteiger partial charge in [-0.25, -0.2) is 4.79 Å². The van der Waals surface area contributed by atoms with Gasteiger partial charge in [-0.3, -0.25) is 14.9 Å². The first-order chi connectivity index (χ1) is 13.4. The van der Waals surface area contributed by atoms with Gasteiger partial charge in [0.1, 0.15) is 0 Å². The van der Waals surface area contributed by atoms with Gasteiger partial charge in [0.2, 0.25) is 5.91 Å². The van der Waals surface area contributed by atoms with Gasteiger partial charge < -0.3 is 15.5 Å². The highest BCUT2D eigenvalue weighted by molar-refractivity contribution is 6.07. The number of anilines is 2. The number of nitrogens with one attached hydrogen (secondary N) is 3. The third-order valence-corrected chi connectivity index (χ3v) is 4.37. The molecule has 0 atom stereocenters. The van der Waals surface area contributed by atoms with Crippen molar-refractivity contribution in [2.24, 2.45) is 0 Å². The Bertz CT molecular complexity index is 895. The summed E-state index contributed by atoms with van der Waals surface area (Å²) in [4.78, 5) is 38.1. The van der Waals surface area contributed by atoms with Crippen molar-refractivity contribution in [3.63, 3.8) is 0 Å². The Kier molecular flexibility index (Phi) is 5.93. The van der Waals surface area contributed by atoms with Gasteiger partial charge in [-0.05, 0) is 50.1 Å². The summed E-state index contributed by atoms with van der Waals surface area (Å²) in [5.74, 6) is -0.530. The van der Waals surface area contributed by atoms with Gasteiger partial charge in [0.25, 0.3) is 5.91 Å². The second kappa shape index (κ2) is 8.56. The van der Waals surface area contributed by atoms with E-state index in [1.165, 1.54) is 5.56 Å². The smallest absolute Gasteiger partial charge is 0.321 e. The number of nitrogens with zero attached hydrogens (tertiary/aromatic N) is 1. The molecule has 0 unspecified atom stereocenters. The lowest BCUT2D eigenvalue weighted by atomic mass is 10.1. The standard InChI is InChI=1S/C21H24N4O3/c1-14(2)23-21(28)24-19(26)13-22-17-8-5-7-16(12-17)20(27)25-11-10-15-6-3-4-9-18(15)25/h3-9,12,14,22H,10-11,13H2,1-2H3,(H2,23,24,26,28). The summed E-state index contributed by atoms with van der Waals surface area (Å²) in [6, 6.07) is 14.3. The van der Waals surface area contributed by atoms with Crippen molar-refractivity contribution >= 4 is 29.2 Å². The minimum atomic E-state index is -0.529. The van der Waals surface area contributed by atoms with Crippen LogP contribution in [0.3, 0.4) is 0 Å². The van der Waals surface area contributed by atoms with Crippen LogP contribution in [0.25, 0.3) is 0 Å². The molecule has 0 spiro atoms. The minimum absolute atomic E-state index is 0.0563. The predicted molar refractivity (Wildman–Crippen MR) is 109 cm³/mol. The number of hydrogen-bond donors (Lipinski definition) is 3. The summed E-state index contributed by atoms with van der Waals surface area (Å²) < 4.78 is 0. The van der Waals surface area contributed by atoms with Gasteiger partial charge in [-0.2, -0.15) is 0 Å². The molecule has 0 radical (unpaired) electrons. The predicted octanol–water partition coefficient (Wildman–Crippen LogP) is 2.54. The largest absolute Gasteiger partial charge is 0.376 e. The summed E-state index contributed by atoms with van der Waals surface area (Å²) in [7, 11) is 0. The molecule has 0 saturated carbocycles. The van der Waals surface area contributed by atoms with E-state index in [4.69, 9.17) is 0 Å². The number of benzene rings is 2. The summed E-state index contributed by atoms with van der Waals surface area (Å²) in [5.41, 5.74) is 3.29. The Morgan fingerprint density at radius 1 is 1.07 bits per heavy atom. The second-order valence-electron chi connectivity index (χ2n) is 6.95. The van der Waals surface area contributed by atoms with E-state index in [1.54, 1.807) is 29.2 Å². The molecule has 0 aromatic heterocycles. The van der Waals surface area contributed by atoms with Crippen molar-refractivity contribution in [1.82, 2.24) is 10.6 Å². The van der Waals surface area contributed by atoms with Crippen molar-refractivity contribution in [3.05, 3.63) is 59.7 Å². The van der Waals surface area contributed by atoms with Crippen LogP contribution in [0, 0.1) is 0 Å². The molecule has 0 aliphatic carbocycles.